The van der Waals surface area contributed by atoms with E-state index in [4.69, 9.17) is 14.2 Å². The first kappa shape index (κ1) is 74.3. The van der Waals surface area contributed by atoms with Crippen LogP contribution >= 0.6 is 0 Å². The van der Waals surface area contributed by atoms with Crippen molar-refractivity contribution >= 4 is 17.9 Å². The first-order valence-electron chi connectivity index (χ1n) is 33.2. The quantitative estimate of drug-likeness (QED) is 0.0261. The second-order valence-electron chi connectivity index (χ2n) is 22.0. The lowest BCUT2D eigenvalue weighted by Gasteiger charge is -2.18. The molecule has 0 fully saturated rings. The van der Waals surface area contributed by atoms with Crippen LogP contribution in [0, 0.1) is 0 Å². The predicted octanol–water partition coefficient (Wildman–Crippen LogP) is 22.8. The van der Waals surface area contributed by atoms with E-state index < -0.39 is 6.10 Å². The lowest BCUT2D eigenvalue weighted by atomic mass is 10.0. The summed E-state index contributed by atoms with van der Waals surface area (Å²) in [6.07, 6.45) is 89.0. The smallest absolute Gasteiger partial charge is 0.306 e. The first-order valence-corrected chi connectivity index (χ1v) is 33.2. The van der Waals surface area contributed by atoms with Gasteiger partial charge in [-0.05, 0) is 96.3 Å². The third-order valence-electron chi connectivity index (χ3n) is 14.3. The molecule has 0 aliphatic heterocycles. The zero-order chi connectivity index (χ0) is 56.4. The minimum absolute atomic E-state index is 0.0769. The third-order valence-corrected chi connectivity index (χ3v) is 14.3. The van der Waals surface area contributed by atoms with Gasteiger partial charge in [-0.3, -0.25) is 14.4 Å². The van der Waals surface area contributed by atoms with Gasteiger partial charge in [-0.15, -0.1) is 0 Å². The lowest BCUT2D eigenvalue weighted by molar-refractivity contribution is -0.167. The van der Waals surface area contributed by atoms with Gasteiger partial charge in [0.25, 0.3) is 0 Å². The molecule has 0 heterocycles. The highest BCUT2D eigenvalue weighted by atomic mass is 16.6. The molecule has 0 amide bonds. The summed E-state index contributed by atoms with van der Waals surface area (Å²) in [6.45, 7) is 6.38. The number of hydrogen-bond acceptors (Lipinski definition) is 6. The maximum absolute atomic E-state index is 12.8. The van der Waals surface area contributed by atoms with Crippen molar-refractivity contribution in [2.24, 2.45) is 0 Å². The summed E-state index contributed by atoms with van der Waals surface area (Å²) in [5, 5.41) is 0. The van der Waals surface area contributed by atoms with Crippen LogP contribution in [-0.4, -0.2) is 37.2 Å². The van der Waals surface area contributed by atoms with Crippen LogP contribution in [0.4, 0.5) is 0 Å². The Morgan fingerprint density at radius 1 is 0.269 bits per heavy atom. The summed E-state index contributed by atoms with van der Waals surface area (Å²) in [7, 11) is 0. The Morgan fingerprint density at radius 3 is 0.782 bits per heavy atom. The van der Waals surface area contributed by atoms with Crippen LogP contribution < -0.4 is 0 Å². The second kappa shape index (κ2) is 65.8. The predicted molar refractivity (Wildman–Crippen MR) is 339 cm³/mol. The molecule has 0 rings (SSSR count). The molecule has 0 bridgehead atoms. The fraction of sp³-hybridized carbons (Fsp3) is 0.736. The van der Waals surface area contributed by atoms with E-state index in [1.807, 2.05) is 0 Å². The van der Waals surface area contributed by atoms with E-state index in [1.54, 1.807) is 0 Å². The lowest BCUT2D eigenvalue weighted by Crippen LogP contribution is -2.30. The highest BCUT2D eigenvalue weighted by Gasteiger charge is 2.19. The van der Waals surface area contributed by atoms with E-state index in [-0.39, 0.29) is 31.1 Å². The van der Waals surface area contributed by atoms with E-state index in [0.29, 0.717) is 19.3 Å². The van der Waals surface area contributed by atoms with Crippen LogP contribution in [-0.2, 0) is 28.6 Å². The van der Waals surface area contributed by atoms with E-state index in [0.717, 1.165) is 116 Å². The number of hydrogen-bond donors (Lipinski definition) is 0. The average molecular weight is 1090 g/mol. The van der Waals surface area contributed by atoms with Gasteiger partial charge in [0, 0.05) is 19.3 Å². The van der Waals surface area contributed by atoms with Gasteiger partial charge in [-0.2, -0.15) is 0 Å². The van der Waals surface area contributed by atoms with Gasteiger partial charge in [0.05, 0.1) is 0 Å². The number of carbonyl (C=O) groups is 3. The van der Waals surface area contributed by atoms with Gasteiger partial charge in [0.2, 0.25) is 0 Å². The standard InChI is InChI=1S/C72H124O6/c1-4-7-10-13-16-18-20-22-24-26-28-30-31-32-33-34-35-36-37-38-39-40-41-43-44-46-48-50-52-54-56-59-62-65-71(74)77-68-69(67-76-70(73)64-61-58-15-12-9-6-3)78-72(75)66-63-60-57-55-53-51-49-47-45-42-29-27-25-23-21-19-17-14-11-8-5-2/h7-8,10-11,16-19,22-25,28-30,42,69H,4-6,9,12-15,20-21,26-27,31-41,43-68H2,1-3H3/b10-7-,11-8-,18-16-,19-17-,24-22-,25-23-,30-28-,42-29-. The molecule has 78 heavy (non-hydrogen) atoms. The van der Waals surface area contributed by atoms with Crippen molar-refractivity contribution in [2.75, 3.05) is 13.2 Å². The molecular weight excluding hydrogens is 961 g/mol. The largest absolute Gasteiger partial charge is 0.462 e. The van der Waals surface area contributed by atoms with E-state index in [2.05, 4.69) is 118 Å². The van der Waals surface area contributed by atoms with Gasteiger partial charge in [0.1, 0.15) is 13.2 Å². The minimum atomic E-state index is -0.777. The van der Waals surface area contributed by atoms with Crippen molar-refractivity contribution in [1.29, 1.82) is 0 Å². The molecule has 0 spiro atoms. The Balaban J connectivity index is 4.00. The SMILES string of the molecule is CC/C=C\C/C=C\C/C=C\C/C=C\CCCCCCCCCCCCCCCCCCCCCCC(=O)OCC(COC(=O)CCCCCCCC)OC(=O)CCCCCCCCCC/C=C\C/C=C\C/C=C\C/C=C\CC. The van der Waals surface area contributed by atoms with Crippen LogP contribution in [0.15, 0.2) is 97.2 Å². The number of rotatable bonds is 60. The normalized spacial score (nSPS) is 12.7. The van der Waals surface area contributed by atoms with Crippen LogP contribution in [0.2, 0.25) is 0 Å². The van der Waals surface area contributed by atoms with E-state index >= 15 is 0 Å². The summed E-state index contributed by atoms with van der Waals surface area (Å²) in [5.74, 6) is -0.883. The zero-order valence-corrected chi connectivity index (χ0v) is 51.4. The molecule has 0 saturated heterocycles. The van der Waals surface area contributed by atoms with Gasteiger partial charge in [-0.1, -0.05) is 304 Å². The van der Waals surface area contributed by atoms with Crippen LogP contribution in [0.5, 0.6) is 0 Å². The molecular formula is C72H124O6. The number of ether oxygens (including phenoxy) is 3. The molecule has 448 valence electrons. The fourth-order valence-electron chi connectivity index (χ4n) is 9.43. The molecule has 0 aromatic carbocycles. The molecule has 1 atom stereocenters. The number of carbonyl (C=O) groups excluding carboxylic acids is 3. The summed E-state index contributed by atoms with van der Waals surface area (Å²) in [6, 6.07) is 0. The first-order chi connectivity index (χ1) is 38.5. The Kier molecular flexibility index (Phi) is 62.7. The number of allylic oxidation sites excluding steroid dienone is 16. The fourth-order valence-corrected chi connectivity index (χ4v) is 9.43. The summed E-state index contributed by atoms with van der Waals surface area (Å²) < 4.78 is 16.8. The molecule has 1 unspecified atom stereocenters. The molecule has 0 radical (unpaired) electrons. The maximum atomic E-state index is 12.8. The van der Waals surface area contributed by atoms with Crippen molar-refractivity contribution in [2.45, 2.75) is 329 Å². The van der Waals surface area contributed by atoms with Crippen LogP contribution in [0.1, 0.15) is 323 Å². The molecule has 0 aliphatic carbocycles. The summed E-state index contributed by atoms with van der Waals surface area (Å²) >= 11 is 0. The highest BCUT2D eigenvalue weighted by molar-refractivity contribution is 5.71. The monoisotopic (exact) mass is 1080 g/mol. The zero-order valence-electron chi connectivity index (χ0n) is 51.4. The van der Waals surface area contributed by atoms with Crippen LogP contribution in [0.25, 0.3) is 0 Å². The van der Waals surface area contributed by atoms with E-state index in [1.165, 1.54) is 167 Å². The number of esters is 3. The van der Waals surface area contributed by atoms with Gasteiger partial charge in [-0.25, -0.2) is 0 Å². The molecule has 6 nitrogen and oxygen atoms in total. The van der Waals surface area contributed by atoms with Crippen molar-refractivity contribution in [3.05, 3.63) is 97.2 Å². The van der Waals surface area contributed by atoms with Gasteiger partial charge in [0.15, 0.2) is 6.10 Å². The Hall–Kier alpha value is -3.67. The van der Waals surface area contributed by atoms with E-state index in [9.17, 15) is 14.4 Å². The van der Waals surface area contributed by atoms with Crippen molar-refractivity contribution in [3.63, 3.8) is 0 Å². The second-order valence-corrected chi connectivity index (χ2v) is 22.0. The Morgan fingerprint density at radius 2 is 0.500 bits per heavy atom. The van der Waals surface area contributed by atoms with Crippen molar-refractivity contribution in [3.8, 4) is 0 Å². The third kappa shape index (κ3) is 63.2. The molecule has 0 aromatic rings. The minimum Gasteiger partial charge on any atom is -0.462 e. The van der Waals surface area contributed by atoms with Crippen molar-refractivity contribution < 1.29 is 28.6 Å². The molecule has 0 aliphatic rings. The topological polar surface area (TPSA) is 78.9 Å². The summed E-state index contributed by atoms with van der Waals surface area (Å²) in [5.41, 5.74) is 0. The molecule has 0 saturated carbocycles. The molecule has 6 heteroatoms. The van der Waals surface area contributed by atoms with Gasteiger partial charge >= 0.3 is 17.9 Å². The highest BCUT2D eigenvalue weighted by Crippen LogP contribution is 2.17. The number of unbranched alkanes of at least 4 members (excludes halogenated alkanes) is 33. The van der Waals surface area contributed by atoms with Gasteiger partial charge < -0.3 is 14.2 Å². The average Bonchev–Trinajstić information content (AvgIpc) is 3.44. The summed E-state index contributed by atoms with van der Waals surface area (Å²) in [4.78, 5) is 38.0. The molecule has 0 N–H and O–H groups in total. The Labute approximate surface area is 483 Å². The Bertz CT molecular complexity index is 1530. The van der Waals surface area contributed by atoms with Crippen LogP contribution in [0.3, 0.4) is 0 Å². The maximum Gasteiger partial charge on any atom is 0.306 e. The van der Waals surface area contributed by atoms with Crippen molar-refractivity contribution in [1.82, 2.24) is 0 Å². The molecule has 0 aromatic heterocycles.